The fraction of sp³-hybridized carbons (Fsp3) is 0.526. The summed E-state index contributed by atoms with van der Waals surface area (Å²) in [5.74, 6) is -2.41. The van der Waals surface area contributed by atoms with Gasteiger partial charge >= 0.3 is 18.3 Å². The Kier molecular flexibility index (Phi) is 11.3. The molecule has 13 heteroatoms. The van der Waals surface area contributed by atoms with Gasteiger partial charge in [0.25, 0.3) is 0 Å². The molecule has 0 saturated carbocycles. The van der Waals surface area contributed by atoms with Crippen LogP contribution in [0.1, 0.15) is 50.7 Å². The third kappa shape index (κ3) is 8.80. The van der Waals surface area contributed by atoms with Crippen molar-refractivity contribution in [3.63, 3.8) is 0 Å². The van der Waals surface area contributed by atoms with Gasteiger partial charge in [-0.25, -0.2) is 4.79 Å². The standard InChI is InChI=1S/C38H45F6N3O4/c1-35(2)14-19-46(20-15-35)18-13-25-7-5-12-31(51-3)32(25)29-11-6-9-27-26(8-4-10-28(27)29)23-30(33(48)49)45-34(50)36(38(42,43)44)16-21-47(22-17-36)24-37(39,40)41/h4-12,30H,13-24H2,1-3H3,(H,45,50)(H,48,49)/t30-/m0/s1. The lowest BCUT2D eigenvalue weighted by Gasteiger charge is -2.42. The highest BCUT2D eigenvalue weighted by atomic mass is 19.4. The molecule has 7 nitrogen and oxygen atoms in total. The summed E-state index contributed by atoms with van der Waals surface area (Å²) in [6.07, 6.45) is -8.84. The van der Waals surface area contributed by atoms with Crippen molar-refractivity contribution in [2.45, 2.75) is 70.8 Å². The fourth-order valence-corrected chi connectivity index (χ4v) is 7.39. The van der Waals surface area contributed by atoms with Gasteiger partial charge < -0.3 is 20.1 Å². The average Bonchev–Trinajstić information content (AvgIpc) is 3.06. The van der Waals surface area contributed by atoms with Gasteiger partial charge in [0.05, 0.1) is 13.7 Å². The van der Waals surface area contributed by atoms with E-state index >= 15 is 0 Å². The lowest BCUT2D eigenvalue weighted by atomic mass is 9.76. The Balaban J connectivity index is 1.41. The number of carbonyl (C=O) groups is 2. The third-order valence-corrected chi connectivity index (χ3v) is 10.6. The Morgan fingerprint density at radius 3 is 2.04 bits per heavy atom. The summed E-state index contributed by atoms with van der Waals surface area (Å²) in [6.45, 7) is 4.87. The van der Waals surface area contributed by atoms with E-state index in [2.05, 4.69) is 30.1 Å². The number of amides is 1. The summed E-state index contributed by atoms with van der Waals surface area (Å²) >= 11 is 0. The quantitative estimate of drug-likeness (QED) is 0.200. The van der Waals surface area contributed by atoms with Gasteiger partial charge in [0.15, 0.2) is 0 Å². The number of methoxy groups -OCH3 is 1. The van der Waals surface area contributed by atoms with Gasteiger partial charge in [0, 0.05) is 18.5 Å². The number of aliphatic carboxylic acids is 1. The first-order valence-electron chi connectivity index (χ1n) is 17.2. The first-order valence-corrected chi connectivity index (χ1v) is 17.2. The predicted octanol–water partition coefficient (Wildman–Crippen LogP) is 7.50. The smallest absolute Gasteiger partial charge is 0.403 e. The number of hydrogen-bond acceptors (Lipinski definition) is 5. The molecule has 3 aromatic rings. The summed E-state index contributed by atoms with van der Waals surface area (Å²) in [6, 6.07) is 15.0. The molecule has 2 fully saturated rings. The van der Waals surface area contributed by atoms with Crippen LogP contribution in [-0.2, 0) is 22.4 Å². The third-order valence-electron chi connectivity index (χ3n) is 10.6. The van der Waals surface area contributed by atoms with Crippen LogP contribution in [0.3, 0.4) is 0 Å². The molecule has 2 aliphatic heterocycles. The topological polar surface area (TPSA) is 82.1 Å². The molecule has 2 N–H and O–H groups in total. The summed E-state index contributed by atoms with van der Waals surface area (Å²) in [5, 5.41) is 13.6. The summed E-state index contributed by atoms with van der Waals surface area (Å²) < 4.78 is 87.8. The number of hydrogen-bond donors (Lipinski definition) is 2. The van der Waals surface area contributed by atoms with Crippen molar-refractivity contribution in [2.24, 2.45) is 10.8 Å². The molecule has 1 atom stereocenters. The van der Waals surface area contributed by atoms with Crippen molar-refractivity contribution in [1.82, 2.24) is 15.1 Å². The van der Waals surface area contributed by atoms with E-state index in [9.17, 15) is 41.0 Å². The molecule has 0 radical (unpaired) electrons. The molecular weight excluding hydrogens is 676 g/mol. The molecule has 2 saturated heterocycles. The van der Waals surface area contributed by atoms with E-state index in [4.69, 9.17) is 4.74 Å². The lowest BCUT2D eigenvalue weighted by molar-refractivity contribution is -0.236. The summed E-state index contributed by atoms with van der Waals surface area (Å²) in [7, 11) is 1.60. The normalized spacial score (nSPS) is 19.1. The minimum absolute atomic E-state index is 0.319. The van der Waals surface area contributed by atoms with Gasteiger partial charge in [-0.1, -0.05) is 62.4 Å². The number of benzene rings is 3. The van der Waals surface area contributed by atoms with E-state index in [-0.39, 0.29) is 6.42 Å². The molecule has 3 aromatic carbocycles. The van der Waals surface area contributed by atoms with Gasteiger partial charge in [-0.3, -0.25) is 9.69 Å². The van der Waals surface area contributed by atoms with Crippen molar-refractivity contribution >= 4 is 22.6 Å². The number of nitrogens with zero attached hydrogens (tertiary/aromatic N) is 2. The molecule has 0 aromatic heterocycles. The molecule has 1 amide bonds. The monoisotopic (exact) mass is 721 g/mol. The van der Waals surface area contributed by atoms with Gasteiger partial charge in [0.2, 0.25) is 5.91 Å². The molecule has 278 valence electrons. The number of nitrogens with one attached hydrogen (secondary N) is 1. The van der Waals surface area contributed by atoms with Gasteiger partial charge in [-0.15, -0.1) is 0 Å². The molecule has 5 rings (SSSR count). The molecule has 51 heavy (non-hydrogen) atoms. The minimum Gasteiger partial charge on any atom is -0.496 e. The Morgan fingerprint density at radius 2 is 1.43 bits per heavy atom. The van der Waals surface area contributed by atoms with Crippen LogP contribution < -0.4 is 10.1 Å². The molecule has 0 unspecified atom stereocenters. The highest BCUT2D eigenvalue weighted by molar-refractivity contribution is 6.00. The Morgan fingerprint density at radius 1 is 0.843 bits per heavy atom. The summed E-state index contributed by atoms with van der Waals surface area (Å²) in [4.78, 5) is 29.0. The Labute approximate surface area is 293 Å². The maximum Gasteiger partial charge on any atom is 0.403 e. The van der Waals surface area contributed by atoms with Gasteiger partial charge in [-0.05, 0) is 97.2 Å². The molecule has 0 bridgehead atoms. The number of piperidine rings is 2. The van der Waals surface area contributed by atoms with Crippen LogP contribution in [0.2, 0.25) is 0 Å². The second kappa shape index (κ2) is 15.0. The summed E-state index contributed by atoms with van der Waals surface area (Å²) in [5.41, 5.74) is 0.630. The molecular formula is C38H45F6N3O4. The number of carboxylic acids is 1. The Bertz CT molecular complexity index is 1710. The van der Waals surface area contributed by atoms with Gasteiger partial charge in [-0.2, -0.15) is 26.3 Å². The minimum atomic E-state index is -5.10. The van der Waals surface area contributed by atoms with Gasteiger partial charge in [0.1, 0.15) is 17.2 Å². The van der Waals surface area contributed by atoms with E-state index < -0.39 is 68.2 Å². The number of halogens is 6. The van der Waals surface area contributed by atoms with Crippen molar-refractivity contribution in [3.8, 4) is 16.9 Å². The second-order valence-corrected chi connectivity index (χ2v) is 14.6. The zero-order valence-corrected chi connectivity index (χ0v) is 29.1. The number of carboxylic acid groups (broad SMARTS) is 1. The molecule has 2 heterocycles. The number of fused-ring (bicyclic) bond motifs is 1. The lowest BCUT2D eigenvalue weighted by Crippen LogP contribution is -2.59. The van der Waals surface area contributed by atoms with E-state index in [1.54, 1.807) is 25.3 Å². The predicted molar refractivity (Wildman–Crippen MR) is 183 cm³/mol. The zero-order valence-electron chi connectivity index (χ0n) is 29.1. The number of likely N-dealkylation sites (tertiary alicyclic amines) is 2. The zero-order chi connectivity index (χ0) is 37.2. The SMILES string of the molecule is COc1cccc(CCN2CCC(C)(C)CC2)c1-c1cccc2c(C[C@H](NC(=O)C3(C(F)(F)F)CCN(CC(F)(F)F)CC3)C(=O)O)cccc12. The van der Waals surface area contributed by atoms with Crippen LogP contribution in [0.15, 0.2) is 54.6 Å². The maximum absolute atomic E-state index is 14.4. The van der Waals surface area contributed by atoms with Crippen LogP contribution in [0, 0.1) is 10.8 Å². The van der Waals surface area contributed by atoms with Crippen LogP contribution in [0.4, 0.5) is 26.3 Å². The van der Waals surface area contributed by atoms with Crippen LogP contribution in [0.5, 0.6) is 5.75 Å². The van der Waals surface area contributed by atoms with Crippen LogP contribution >= 0.6 is 0 Å². The molecule has 2 aliphatic rings. The average molecular weight is 722 g/mol. The van der Waals surface area contributed by atoms with E-state index in [1.165, 1.54) is 0 Å². The largest absolute Gasteiger partial charge is 0.496 e. The van der Waals surface area contributed by atoms with Crippen molar-refractivity contribution in [3.05, 3.63) is 65.7 Å². The first kappa shape index (κ1) is 38.4. The van der Waals surface area contributed by atoms with Crippen molar-refractivity contribution in [2.75, 3.05) is 46.4 Å². The van der Waals surface area contributed by atoms with Crippen LogP contribution in [-0.4, -0.2) is 91.6 Å². The first-order chi connectivity index (χ1) is 23.9. The Hall–Kier alpha value is -3.84. The number of rotatable bonds is 11. The van der Waals surface area contributed by atoms with Crippen molar-refractivity contribution in [1.29, 1.82) is 0 Å². The van der Waals surface area contributed by atoms with Crippen molar-refractivity contribution < 1.29 is 45.8 Å². The number of ether oxygens (including phenoxy) is 1. The fourth-order valence-electron chi connectivity index (χ4n) is 7.39. The highest BCUT2D eigenvalue weighted by Gasteiger charge is 2.61. The van der Waals surface area contributed by atoms with E-state index in [0.717, 1.165) is 65.9 Å². The maximum atomic E-state index is 14.4. The highest BCUT2D eigenvalue weighted by Crippen LogP contribution is 2.47. The second-order valence-electron chi connectivity index (χ2n) is 14.6. The van der Waals surface area contributed by atoms with E-state index in [0.29, 0.717) is 22.1 Å². The molecule has 0 spiro atoms. The van der Waals surface area contributed by atoms with E-state index in [1.807, 2.05) is 30.3 Å². The number of alkyl halides is 6. The van der Waals surface area contributed by atoms with Crippen LogP contribution in [0.25, 0.3) is 21.9 Å². The number of carbonyl (C=O) groups excluding carboxylic acids is 1. The molecule has 0 aliphatic carbocycles.